The van der Waals surface area contributed by atoms with Crippen molar-refractivity contribution in [2.45, 2.75) is 126 Å². The van der Waals surface area contributed by atoms with Gasteiger partial charge in [-0.1, -0.05) is 61.4 Å². The summed E-state index contributed by atoms with van der Waals surface area (Å²) in [4.78, 5) is 11.4. The third-order valence-corrected chi connectivity index (χ3v) is 10.2. The molecule has 1 saturated carbocycles. The van der Waals surface area contributed by atoms with E-state index in [0.717, 1.165) is 12.8 Å². The zero-order valence-corrected chi connectivity index (χ0v) is 25.7. The van der Waals surface area contributed by atoms with Crippen LogP contribution in [0.15, 0.2) is 12.2 Å². The molecule has 3 aliphatic rings. The molecular weight excluding hydrogens is 631 g/mol. The Morgan fingerprint density at radius 3 is 2.59 bits per heavy atom. The van der Waals surface area contributed by atoms with E-state index in [1.807, 2.05) is 13.8 Å². The summed E-state index contributed by atoms with van der Waals surface area (Å²) in [6.07, 6.45) is 0.255. The Bertz CT molecular complexity index is 805. The first-order valence-electron chi connectivity index (χ1n) is 14.5. The highest BCUT2D eigenvalue weighted by Gasteiger charge is 2.57. The molecule has 10 atom stereocenters. The highest BCUT2D eigenvalue weighted by Crippen LogP contribution is 2.51. The van der Waals surface area contributed by atoms with E-state index < -0.39 is 42.2 Å². The number of ether oxygens (including phenoxy) is 4. The summed E-state index contributed by atoms with van der Waals surface area (Å²) in [7, 11) is 1.34. The van der Waals surface area contributed by atoms with Crippen molar-refractivity contribution in [1.82, 2.24) is 0 Å². The van der Waals surface area contributed by atoms with Crippen LogP contribution in [0.5, 0.6) is 0 Å². The zero-order chi connectivity index (χ0) is 28.8. The van der Waals surface area contributed by atoms with Crippen LogP contribution >= 0.6 is 22.6 Å². The second-order valence-electron chi connectivity index (χ2n) is 11.7. The molecule has 0 amide bonds. The van der Waals surface area contributed by atoms with Gasteiger partial charge in [-0.05, 0) is 63.7 Å². The topological polar surface area (TPSA) is 54.0 Å². The maximum absolute atomic E-state index is 15.9. The molecule has 0 bridgehead atoms. The van der Waals surface area contributed by atoms with E-state index in [4.69, 9.17) is 14.2 Å². The van der Waals surface area contributed by atoms with Crippen molar-refractivity contribution in [3.63, 3.8) is 0 Å². The summed E-state index contributed by atoms with van der Waals surface area (Å²) in [5.41, 5.74) is -2.08. The van der Waals surface area contributed by atoms with Gasteiger partial charge in [0, 0.05) is 22.9 Å². The third-order valence-electron chi connectivity index (χ3n) is 8.86. The number of esters is 1. The Hall–Kier alpha value is -0.460. The van der Waals surface area contributed by atoms with Crippen molar-refractivity contribution in [2.75, 3.05) is 13.7 Å². The molecule has 0 aromatic heterocycles. The number of rotatable bonds is 13. The van der Waals surface area contributed by atoms with E-state index in [1.165, 1.54) is 14.0 Å². The normalized spacial score (nSPS) is 34.5. The number of alkyl halides is 5. The van der Waals surface area contributed by atoms with Crippen LogP contribution in [0.2, 0.25) is 0 Å². The van der Waals surface area contributed by atoms with Crippen LogP contribution in [0.1, 0.15) is 85.0 Å². The largest absolute Gasteiger partial charge is 0.469 e. The summed E-state index contributed by atoms with van der Waals surface area (Å²) in [6, 6.07) is 0. The van der Waals surface area contributed by atoms with Crippen LogP contribution in [0.3, 0.4) is 0 Å². The fourth-order valence-corrected chi connectivity index (χ4v) is 7.29. The summed E-state index contributed by atoms with van der Waals surface area (Å²) in [6.45, 7) is 5.60. The van der Waals surface area contributed by atoms with E-state index in [1.54, 1.807) is 12.2 Å². The van der Waals surface area contributed by atoms with Gasteiger partial charge in [0.25, 0.3) is 0 Å². The minimum atomic E-state index is -4.47. The molecule has 3 fully saturated rings. The maximum atomic E-state index is 15.9. The summed E-state index contributed by atoms with van der Waals surface area (Å²) in [5.74, 6) is -0.894. The molecule has 0 spiro atoms. The maximum Gasteiger partial charge on any atom is 0.397 e. The molecule has 0 N–H and O–H groups in total. The summed E-state index contributed by atoms with van der Waals surface area (Å²) < 4.78 is 81.9. The van der Waals surface area contributed by atoms with Gasteiger partial charge in [-0.15, -0.1) is 0 Å². The van der Waals surface area contributed by atoms with Crippen LogP contribution in [0, 0.1) is 23.2 Å². The highest BCUT2D eigenvalue weighted by molar-refractivity contribution is 14.1. The standard InChI is InChI=1S/C29H45F4IO5/c1-5-6-15-28(3,29(31,32)33)22(39-24-12-7-8-16-37-24)14-13-19-18(2)17-21-25(19)26(30)27(38-21)20(34)10-9-11-23(35)36-4/h13-14,18-22,24-27H,5-12,15-17H2,1-4H3/b14-13+/t18-,19+,20?,21+,22-,24?,25-,26?,27?,28?/m1/s1. The van der Waals surface area contributed by atoms with Gasteiger partial charge in [-0.2, -0.15) is 13.2 Å². The van der Waals surface area contributed by atoms with Crippen LogP contribution in [-0.4, -0.2) is 60.6 Å². The smallest absolute Gasteiger partial charge is 0.397 e. The van der Waals surface area contributed by atoms with Gasteiger partial charge in [-0.25, -0.2) is 4.39 Å². The fourth-order valence-electron chi connectivity index (χ4n) is 6.29. The highest BCUT2D eigenvalue weighted by atomic mass is 127. The number of hydrogen-bond acceptors (Lipinski definition) is 5. The zero-order valence-electron chi connectivity index (χ0n) is 23.6. The average Bonchev–Trinajstić information content (AvgIpc) is 3.38. The first-order valence-corrected chi connectivity index (χ1v) is 15.7. The van der Waals surface area contributed by atoms with Gasteiger partial charge >= 0.3 is 12.1 Å². The number of halogens is 5. The number of allylic oxidation sites excluding steroid dienone is 1. The molecule has 3 rings (SSSR count). The van der Waals surface area contributed by atoms with Gasteiger partial charge in [0.1, 0.15) is 12.3 Å². The number of carbonyl (C=O) groups excluding carboxylic acids is 1. The molecule has 0 radical (unpaired) electrons. The Balaban J connectivity index is 1.78. The Kier molecular flexibility index (Phi) is 12.4. The quantitative estimate of drug-likeness (QED) is 0.0657. The number of methoxy groups -OCH3 is 1. The van der Waals surface area contributed by atoms with Gasteiger partial charge in [0.05, 0.1) is 24.7 Å². The SMILES string of the molecule is CCCCC(C)([C@@H](/C=C/[C@@H]1[C@H]2C(F)C(C(I)CCCC(=O)OC)O[C@H]2C[C@H]1C)OC1CCCCO1)C(F)(F)F. The summed E-state index contributed by atoms with van der Waals surface area (Å²) >= 11 is 2.19. The number of hydrogen-bond donors (Lipinski definition) is 0. The molecule has 0 aromatic carbocycles. The van der Waals surface area contributed by atoms with Gasteiger partial charge in [-0.3, -0.25) is 4.79 Å². The van der Waals surface area contributed by atoms with Crippen molar-refractivity contribution in [2.24, 2.45) is 23.2 Å². The molecule has 1 aliphatic carbocycles. The van der Waals surface area contributed by atoms with Crippen molar-refractivity contribution < 1.29 is 41.3 Å². The van der Waals surface area contributed by atoms with E-state index in [-0.39, 0.29) is 40.7 Å². The second kappa shape index (κ2) is 14.6. The fraction of sp³-hybridized carbons (Fsp3) is 0.897. The Morgan fingerprint density at radius 2 is 1.97 bits per heavy atom. The lowest BCUT2D eigenvalue weighted by molar-refractivity contribution is -0.279. The lowest BCUT2D eigenvalue weighted by Crippen LogP contribution is -2.47. The molecule has 39 heavy (non-hydrogen) atoms. The summed E-state index contributed by atoms with van der Waals surface area (Å²) in [5, 5.41) is 0. The molecule has 2 heterocycles. The van der Waals surface area contributed by atoms with Crippen LogP contribution in [-0.2, 0) is 23.7 Å². The number of carbonyl (C=O) groups is 1. The van der Waals surface area contributed by atoms with Crippen LogP contribution < -0.4 is 0 Å². The van der Waals surface area contributed by atoms with E-state index in [9.17, 15) is 18.0 Å². The van der Waals surface area contributed by atoms with Crippen LogP contribution in [0.4, 0.5) is 17.6 Å². The average molecular weight is 677 g/mol. The number of fused-ring (bicyclic) bond motifs is 1. The molecule has 5 unspecified atom stereocenters. The van der Waals surface area contributed by atoms with Crippen LogP contribution in [0.25, 0.3) is 0 Å². The van der Waals surface area contributed by atoms with Crippen molar-refractivity contribution in [3.8, 4) is 0 Å². The number of unbranched alkanes of at least 4 members (excludes halogenated alkanes) is 1. The molecule has 5 nitrogen and oxygen atoms in total. The monoisotopic (exact) mass is 676 g/mol. The lowest BCUT2D eigenvalue weighted by atomic mass is 9.77. The van der Waals surface area contributed by atoms with E-state index >= 15 is 4.39 Å². The Morgan fingerprint density at radius 1 is 1.23 bits per heavy atom. The minimum Gasteiger partial charge on any atom is -0.469 e. The second-order valence-corrected chi connectivity index (χ2v) is 13.3. The van der Waals surface area contributed by atoms with Crippen molar-refractivity contribution >= 4 is 28.6 Å². The van der Waals surface area contributed by atoms with Gasteiger partial charge < -0.3 is 18.9 Å². The molecule has 2 aliphatic heterocycles. The molecule has 226 valence electrons. The van der Waals surface area contributed by atoms with E-state index in [0.29, 0.717) is 45.1 Å². The first-order chi connectivity index (χ1) is 18.4. The van der Waals surface area contributed by atoms with Crippen molar-refractivity contribution in [1.29, 1.82) is 0 Å². The predicted octanol–water partition coefficient (Wildman–Crippen LogP) is 7.74. The Labute approximate surface area is 244 Å². The lowest BCUT2D eigenvalue weighted by Gasteiger charge is -2.40. The molecule has 0 aromatic rings. The van der Waals surface area contributed by atoms with Gasteiger partial charge in [0.2, 0.25) is 0 Å². The minimum absolute atomic E-state index is 0.0555. The van der Waals surface area contributed by atoms with Gasteiger partial charge in [0.15, 0.2) is 6.29 Å². The first kappa shape index (κ1) is 33.0. The molecule has 2 saturated heterocycles. The van der Waals surface area contributed by atoms with E-state index in [2.05, 4.69) is 27.3 Å². The predicted molar refractivity (Wildman–Crippen MR) is 149 cm³/mol. The molecule has 10 heteroatoms. The van der Waals surface area contributed by atoms with Crippen molar-refractivity contribution in [3.05, 3.63) is 12.2 Å². The third kappa shape index (κ3) is 8.09. The molecular formula is C29H45F4IO5.